The van der Waals surface area contributed by atoms with Crippen molar-refractivity contribution >= 4 is 0 Å². The van der Waals surface area contributed by atoms with Crippen LogP contribution in [0.25, 0.3) is 0 Å². The maximum Gasteiger partial charge on any atom is 0.330 e. The Bertz CT molecular complexity index is 835. The fourth-order valence-electron chi connectivity index (χ4n) is 2.97. The lowest BCUT2D eigenvalue weighted by atomic mass is 10.2. The molecular weight excluding hydrogens is 310 g/mol. The van der Waals surface area contributed by atoms with Gasteiger partial charge in [0.2, 0.25) is 0 Å². The normalized spacial score (nSPS) is 18.9. The number of nitrogens with zero attached hydrogens (tertiary/aromatic N) is 5. The maximum absolute atomic E-state index is 12.0. The molecule has 1 saturated heterocycles. The molecule has 0 amide bonds. The smallest absolute Gasteiger partial charge is 0.330 e. The lowest BCUT2D eigenvalue weighted by molar-refractivity contribution is -0.0408. The Morgan fingerprint density at radius 2 is 2.08 bits per heavy atom. The number of aryl methyl sites for hydroxylation is 1. The quantitative estimate of drug-likeness (QED) is 0.753. The van der Waals surface area contributed by atoms with E-state index >= 15 is 0 Å². The van der Waals surface area contributed by atoms with Crippen molar-refractivity contribution in [1.82, 2.24) is 23.8 Å². The van der Waals surface area contributed by atoms with E-state index in [2.05, 4.69) is 10.00 Å². The molecule has 0 N–H and O–H groups in total. The van der Waals surface area contributed by atoms with Crippen LogP contribution in [-0.4, -0.2) is 49.6 Å². The van der Waals surface area contributed by atoms with Crippen LogP contribution < -0.4 is 11.2 Å². The van der Waals surface area contributed by atoms with Gasteiger partial charge in [-0.25, -0.2) is 4.79 Å². The lowest BCUT2D eigenvalue weighted by Gasteiger charge is -2.33. The van der Waals surface area contributed by atoms with Crippen LogP contribution in [0.5, 0.6) is 0 Å². The van der Waals surface area contributed by atoms with Gasteiger partial charge in [-0.3, -0.25) is 23.5 Å². The standard InChI is InChI=1S/C16H23N5O3/c1-12-7-17-21(8-12)11-14-10-20(4-5-24-14)9-13-6-15(22)19(3)16(23)18(13)2/h6-8,14H,4-5,9-11H2,1-3H3/t14-/m1/s1. The van der Waals surface area contributed by atoms with Gasteiger partial charge in [0, 0.05) is 51.7 Å². The molecule has 24 heavy (non-hydrogen) atoms. The van der Waals surface area contributed by atoms with E-state index in [9.17, 15) is 9.59 Å². The van der Waals surface area contributed by atoms with E-state index in [1.165, 1.54) is 17.7 Å². The molecule has 130 valence electrons. The Kier molecular flexibility index (Phi) is 4.68. The molecule has 0 aromatic carbocycles. The third-order valence-electron chi connectivity index (χ3n) is 4.39. The van der Waals surface area contributed by atoms with E-state index in [-0.39, 0.29) is 17.4 Å². The zero-order valence-corrected chi connectivity index (χ0v) is 14.3. The second-order valence-corrected chi connectivity index (χ2v) is 6.34. The average molecular weight is 333 g/mol. The van der Waals surface area contributed by atoms with Crippen molar-refractivity contribution in [2.24, 2.45) is 14.1 Å². The highest BCUT2D eigenvalue weighted by Gasteiger charge is 2.22. The summed E-state index contributed by atoms with van der Waals surface area (Å²) in [5, 5.41) is 4.29. The Morgan fingerprint density at radius 1 is 1.29 bits per heavy atom. The number of hydrogen-bond donors (Lipinski definition) is 0. The first-order valence-electron chi connectivity index (χ1n) is 8.03. The molecule has 1 fully saturated rings. The van der Waals surface area contributed by atoms with Crippen LogP contribution in [0.3, 0.4) is 0 Å². The number of aromatic nitrogens is 4. The van der Waals surface area contributed by atoms with Gasteiger partial charge in [0.05, 0.1) is 25.5 Å². The SMILES string of the molecule is Cc1cnn(C[C@H]2CN(Cc3cc(=O)n(C)c(=O)n3C)CCO2)c1. The van der Waals surface area contributed by atoms with Crippen LogP contribution >= 0.6 is 0 Å². The largest absolute Gasteiger partial charge is 0.374 e. The summed E-state index contributed by atoms with van der Waals surface area (Å²) in [6.07, 6.45) is 3.87. The van der Waals surface area contributed by atoms with Crippen molar-refractivity contribution in [2.75, 3.05) is 19.7 Å². The first kappa shape index (κ1) is 16.7. The molecule has 0 unspecified atom stereocenters. The first-order valence-corrected chi connectivity index (χ1v) is 8.03. The van der Waals surface area contributed by atoms with E-state index in [1.807, 2.05) is 24.0 Å². The van der Waals surface area contributed by atoms with Crippen LogP contribution in [0.2, 0.25) is 0 Å². The number of ether oxygens (including phenoxy) is 1. The van der Waals surface area contributed by atoms with Crippen LogP contribution in [0.15, 0.2) is 28.0 Å². The minimum Gasteiger partial charge on any atom is -0.374 e. The molecule has 0 bridgehead atoms. The van der Waals surface area contributed by atoms with E-state index < -0.39 is 0 Å². The predicted molar refractivity (Wildman–Crippen MR) is 88.9 cm³/mol. The highest BCUT2D eigenvalue weighted by Crippen LogP contribution is 2.11. The molecule has 1 aliphatic heterocycles. The molecule has 0 aliphatic carbocycles. The van der Waals surface area contributed by atoms with Gasteiger partial charge in [-0.05, 0) is 12.5 Å². The van der Waals surface area contributed by atoms with Gasteiger partial charge in [0.15, 0.2) is 0 Å². The Morgan fingerprint density at radius 3 is 2.79 bits per heavy atom. The monoisotopic (exact) mass is 333 g/mol. The van der Waals surface area contributed by atoms with Gasteiger partial charge >= 0.3 is 5.69 Å². The minimum absolute atomic E-state index is 0.0432. The van der Waals surface area contributed by atoms with E-state index in [0.29, 0.717) is 19.7 Å². The zero-order valence-electron chi connectivity index (χ0n) is 14.3. The van der Waals surface area contributed by atoms with Gasteiger partial charge in [-0.1, -0.05) is 0 Å². The summed E-state index contributed by atoms with van der Waals surface area (Å²) in [7, 11) is 3.19. The molecule has 8 nitrogen and oxygen atoms in total. The minimum atomic E-state index is -0.297. The summed E-state index contributed by atoms with van der Waals surface area (Å²) in [5.74, 6) is 0. The van der Waals surface area contributed by atoms with Gasteiger partial charge in [0.1, 0.15) is 0 Å². The molecule has 2 aromatic heterocycles. The number of hydrogen-bond acceptors (Lipinski definition) is 5. The summed E-state index contributed by atoms with van der Waals surface area (Å²) in [5.41, 5.74) is 1.27. The fraction of sp³-hybridized carbons (Fsp3) is 0.562. The van der Waals surface area contributed by atoms with Crippen molar-refractivity contribution < 1.29 is 4.74 Å². The highest BCUT2D eigenvalue weighted by atomic mass is 16.5. The Hall–Kier alpha value is -2.19. The summed E-state index contributed by atoms with van der Waals surface area (Å²) >= 11 is 0. The number of morpholine rings is 1. The highest BCUT2D eigenvalue weighted by molar-refractivity contribution is 5.03. The predicted octanol–water partition coefficient (Wildman–Crippen LogP) is -0.510. The van der Waals surface area contributed by atoms with Crippen molar-refractivity contribution in [1.29, 1.82) is 0 Å². The van der Waals surface area contributed by atoms with Crippen molar-refractivity contribution in [2.45, 2.75) is 26.1 Å². The van der Waals surface area contributed by atoms with E-state index in [0.717, 1.165) is 28.9 Å². The number of rotatable bonds is 4. The molecule has 3 heterocycles. The van der Waals surface area contributed by atoms with Gasteiger partial charge < -0.3 is 4.74 Å². The third kappa shape index (κ3) is 3.49. The Labute approximate surface area is 139 Å². The fourth-order valence-corrected chi connectivity index (χ4v) is 2.97. The molecule has 3 rings (SSSR count). The van der Waals surface area contributed by atoms with Gasteiger partial charge in [-0.15, -0.1) is 0 Å². The van der Waals surface area contributed by atoms with Crippen molar-refractivity contribution in [3.8, 4) is 0 Å². The second kappa shape index (κ2) is 6.74. The van der Waals surface area contributed by atoms with Crippen molar-refractivity contribution in [3.05, 3.63) is 50.6 Å². The molecule has 2 aromatic rings. The lowest BCUT2D eigenvalue weighted by Crippen LogP contribution is -2.45. The molecular formula is C16H23N5O3. The van der Waals surface area contributed by atoms with E-state index in [1.54, 1.807) is 7.05 Å². The average Bonchev–Trinajstić information content (AvgIpc) is 2.96. The molecule has 1 aliphatic rings. The molecule has 8 heteroatoms. The molecule has 0 saturated carbocycles. The third-order valence-corrected chi connectivity index (χ3v) is 4.39. The van der Waals surface area contributed by atoms with Crippen LogP contribution in [0.1, 0.15) is 11.3 Å². The van der Waals surface area contributed by atoms with Crippen molar-refractivity contribution in [3.63, 3.8) is 0 Å². The second-order valence-electron chi connectivity index (χ2n) is 6.34. The van der Waals surface area contributed by atoms with E-state index in [4.69, 9.17) is 4.74 Å². The molecule has 0 radical (unpaired) electrons. The molecule has 0 spiro atoms. The zero-order chi connectivity index (χ0) is 17.3. The van der Waals surface area contributed by atoms with Gasteiger partial charge in [-0.2, -0.15) is 5.10 Å². The Balaban J connectivity index is 1.70. The summed E-state index contributed by atoms with van der Waals surface area (Å²) < 4.78 is 10.4. The van der Waals surface area contributed by atoms with Gasteiger partial charge in [0.25, 0.3) is 5.56 Å². The maximum atomic E-state index is 12.0. The van der Waals surface area contributed by atoms with Crippen LogP contribution in [0.4, 0.5) is 0 Å². The summed E-state index contributed by atoms with van der Waals surface area (Å²) in [4.78, 5) is 26.1. The molecule has 1 atom stereocenters. The van der Waals surface area contributed by atoms with Crippen LogP contribution in [-0.2, 0) is 31.9 Å². The summed E-state index contributed by atoms with van der Waals surface area (Å²) in [6, 6.07) is 1.53. The van der Waals surface area contributed by atoms with Crippen LogP contribution in [0, 0.1) is 6.92 Å². The topological polar surface area (TPSA) is 74.3 Å². The summed E-state index contributed by atoms with van der Waals surface area (Å²) in [6.45, 7) is 5.40. The first-order chi connectivity index (χ1) is 11.4.